The first-order valence-corrected chi connectivity index (χ1v) is 11.2. The number of urea groups is 1. The Morgan fingerprint density at radius 2 is 2.03 bits per heavy atom. The molecule has 0 bridgehead atoms. The lowest BCUT2D eigenvalue weighted by Crippen LogP contribution is -2.45. The Hall–Kier alpha value is -3.76. The third kappa shape index (κ3) is 4.71. The number of piperidine rings is 1. The number of carbonyl (C=O) groups is 1. The second-order valence-electron chi connectivity index (χ2n) is 8.05. The highest BCUT2D eigenvalue weighted by Crippen LogP contribution is 2.31. The highest BCUT2D eigenvalue weighted by Gasteiger charge is 2.30. The average molecular weight is 451 g/mol. The third-order valence-electron chi connectivity index (χ3n) is 5.73. The molecular formula is C22H26N8O3. The van der Waals surface area contributed by atoms with E-state index in [9.17, 15) is 4.79 Å². The van der Waals surface area contributed by atoms with Crippen molar-refractivity contribution in [3.63, 3.8) is 0 Å². The van der Waals surface area contributed by atoms with E-state index in [0.717, 1.165) is 36.3 Å². The van der Waals surface area contributed by atoms with Gasteiger partial charge in [-0.2, -0.15) is 19.7 Å². The number of likely N-dealkylation sites (tertiary alicyclic amines) is 1. The number of amides is 2. The maximum absolute atomic E-state index is 13.1. The Bertz CT molecular complexity index is 1120. The predicted molar refractivity (Wildman–Crippen MR) is 117 cm³/mol. The van der Waals surface area contributed by atoms with Gasteiger partial charge >= 0.3 is 6.03 Å². The number of benzene rings is 1. The van der Waals surface area contributed by atoms with E-state index in [1.807, 2.05) is 30.0 Å². The summed E-state index contributed by atoms with van der Waals surface area (Å²) >= 11 is 0. The number of nitrogens with zero attached hydrogens (tertiary/aromatic N) is 7. The summed E-state index contributed by atoms with van der Waals surface area (Å²) < 4.78 is 12.7. The molecule has 1 unspecified atom stereocenters. The Morgan fingerprint density at radius 1 is 1.15 bits per heavy atom. The van der Waals surface area contributed by atoms with Crippen LogP contribution in [0.2, 0.25) is 0 Å². The van der Waals surface area contributed by atoms with Gasteiger partial charge in [0.2, 0.25) is 0 Å². The highest BCUT2D eigenvalue weighted by atomic mass is 16.6. The van der Waals surface area contributed by atoms with Crippen molar-refractivity contribution >= 4 is 6.03 Å². The SMILES string of the molecule is Cc1nc(C2CCCCN2C(=O)NCCc2ccc3c(c2)OCCO3)nc(-n2cncn2)n1. The van der Waals surface area contributed by atoms with Gasteiger partial charge in [-0.1, -0.05) is 6.07 Å². The lowest BCUT2D eigenvalue weighted by Gasteiger charge is -2.34. The topological polar surface area (TPSA) is 120 Å². The molecule has 1 aromatic carbocycles. The molecular weight excluding hydrogens is 424 g/mol. The second-order valence-corrected chi connectivity index (χ2v) is 8.05. The van der Waals surface area contributed by atoms with Crippen LogP contribution in [0.1, 0.15) is 42.5 Å². The molecule has 1 fully saturated rings. The average Bonchev–Trinajstić information content (AvgIpc) is 3.39. The minimum absolute atomic E-state index is 0.113. The van der Waals surface area contributed by atoms with E-state index in [4.69, 9.17) is 9.47 Å². The molecule has 0 spiro atoms. The fraction of sp³-hybridized carbons (Fsp3) is 0.455. The van der Waals surface area contributed by atoms with Crippen LogP contribution in [0.4, 0.5) is 4.79 Å². The van der Waals surface area contributed by atoms with Crippen molar-refractivity contribution in [3.05, 3.63) is 48.1 Å². The van der Waals surface area contributed by atoms with E-state index in [2.05, 4.69) is 30.4 Å². The quantitative estimate of drug-likeness (QED) is 0.627. The lowest BCUT2D eigenvalue weighted by molar-refractivity contribution is 0.147. The first-order chi connectivity index (χ1) is 16.2. The van der Waals surface area contributed by atoms with E-state index in [1.54, 1.807) is 6.33 Å². The largest absolute Gasteiger partial charge is 0.486 e. The summed E-state index contributed by atoms with van der Waals surface area (Å²) in [6.07, 6.45) is 6.43. The third-order valence-corrected chi connectivity index (χ3v) is 5.73. The van der Waals surface area contributed by atoms with Crippen molar-refractivity contribution in [1.82, 2.24) is 39.9 Å². The molecule has 4 heterocycles. The number of hydrogen-bond acceptors (Lipinski definition) is 8. The van der Waals surface area contributed by atoms with Crippen LogP contribution in [0.25, 0.3) is 5.95 Å². The van der Waals surface area contributed by atoms with Crippen molar-refractivity contribution < 1.29 is 14.3 Å². The summed E-state index contributed by atoms with van der Waals surface area (Å²) in [5, 5.41) is 7.16. The van der Waals surface area contributed by atoms with Crippen LogP contribution in [-0.4, -0.2) is 67.0 Å². The maximum Gasteiger partial charge on any atom is 0.318 e. The fourth-order valence-corrected chi connectivity index (χ4v) is 4.15. The molecule has 2 aliphatic heterocycles. The van der Waals surface area contributed by atoms with Crippen LogP contribution in [0.5, 0.6) is 11.5 Å². The van der Waals surface area contributed by atoms with Crippen LogP contribution < -0.4 is 14.8 Å². The zero-order chi connectivity index (χ0) is 22.6. The molecule has 3 aromatic rings. The maximum atomic E-state index is 13.1. The molecule has 11 nitrogen and oxygen atoms in total. The zero-order valence-electron chi connectivity index (χ0n) is 18.5. The number of aromatic nitrogens is 6. The van der Waals surface area contributed by atoms with Gasteiger partial charge in [-0.15, -0.1) is 0 Å². The number of rotatable bonds is 5. The van der Waals surface area contributed by atoms with E-state index in [0.29, 0.717) is 50.3 Å². The van der Waals surface area contributed by atoms with Crippen molar-refractivity contribution in [1.29, 1.82) is 0 Å². The molecule has 2 aliphatic rings. The molecule has 0 radical (unpaired) electrons. The molecule has 1 saturated heterocycles. The second kappa shape index (κ2) is 9.39. The molecule has 0 aliphatic carbocycles. The van der Waals surface area contributed by atoms with Gasteiger partial charge in [0.15, 0.2) is 17.3 Å². The minimum atomic E-state index is -0.211. The van der Waals surface area contributed by atoms with Gasteiger partial charge in [0.25, 0.3) is 5.95 Å². The zero-order valence-corrected chi connectivity index (χ0v) is 18.5. The molecule has 1 N–H and O–H groups in total. The van der Waals surface area contributed by atoms with Crippen molar-refractivity contribution in [2.75, 3.05) is 26.3 Å². The van der Waals surface area contributed by atoms with Gasteiger partial charge < -0.3 is 19.7 Å². The van der Waals surface area contributed by atoms with E-state index < -0.39 is 0 Å². The van der Waals surface area contributed by atoms with Gasteiger partial charge in [-0.05, 0) is 50.3 Å². The van der Waals surface area contributed by atoms with Crippen molar-refractivity contribution in [2.45, 2.75) is 38.6 Å². The summed E-state index contributed by atoms with van der Waals surface area (Å²) in [4.78, 5) is 32.3. The van der Waals surface area contributed by atoms with Gasteiger partial charge in [0.05, 0.1) is 6.04 Å². The standard InChI is InChI=1S/C22H26N8O3/c1-15-26-20(28-21(27-15)30-14-23-13-25-30)17-4-2-3-9-29(17)22(31)24-8-7-16-5-6-18-19(12-16)33-11-10-32-18/h5-6,12-14,17H,2-4,7-11H2,1H3,(H,24,31). The first-order valence-electron chi connectivity index (χ1n) is 11.2. The van der Waals surface area contributed by atoms with E-state index in [-0.39, 0.29) is 12.1 Å². The van der Waals surface area contributed by atoms with E-state index in [1.165, 1.54) is 11.0 Å². The number of hydrogen-bond donors (Lipinski definition) is 1. The number of fused-ring (bicyclic) bond motifs is 1. The smallest absolute Gasteiger partial charge is 0.318 e. The molecule has 2 aromatic heterocycles. The van der Waals surface area contributed by atoms with Gasteiger partial charge in [-0.3, -0.25) is 0 Å². The summed E-state index contributed by atoms with van der Waals surface area (Å²) in [5.74, 6) is 3.09. The van der Waals surface area contributed by atoms with Crippen LogP contribution >= 0.6 is 0 Å². The van der Waals surface area contributed by atoms with Crippen LogP contribution in [0.3, 0.4) is 0 Å². The molecule has 172 valence electrons. The molecule has 11 heteroatoms. The lowest BCUT2D eigenvalue weighted by atomic mass is 10.0. The molecule has 0 saturated carbocycles. The number of nitrogens with one attached hydrogen (secondary N) is 1. The number of ether oxygens (including phenoxy) is 2. The number of carbonyl (C=O) groups excluding carboxylic acids is 1. The first kappa shape index (κ1) is 21.1. The normalized spacial score (nSPS) is 17.6. The van der Waals surface area contributed by atoms with E-state index >= 15 is 0 Å². The van der Waals surface area contributed by atoms with Gasteiger partial charge in [0, 0.05) is 13.1 Å². The number of aryl methyl sites for hydroxylation is 1. The summed E-state index contributed by atoms with van der Waals surface area (Å²) in [5.41, 5.74) is 1.08. The summed E-state index contributed by atoms with van der Waals surface area (Å²) in [6.45, 7) is 4.11. The van der Waals surface area contributed by atoms with Crippen molar-refractivity contribution in [3.8, 4) is 17.4 Å². The molecule has 2 amide bonds. The monoisotopic (exact) mass is 450 g/mol. The van der Waals surface area contributed by atoms with Crippen LogP contribution in [0.15, 0.2) is 30.9 Å². The summed E-state index contributed by atoms with van der Waals surface area (Å²) in [7, 11) is 0. The van der Waals surface area contributed by atoms with Crippen molar-refractivity contribution in [2.24, 2.45) is 0 Å². The molecule has 1 atom stereocenters. The Kier molecular flexibility index (Phi) is 6.01. The van der Waals surface area contributed by atoms with Crippen LogP contribution in [0, 0.1) is 6.92 Å². The highest BCUT2D eigenvalue weighted by molar-refractivity contribution is 5.74. The Labute approximate surface area is 191 Å². The van der Waals surface area contributed by atoms with Crippen LogP contribution in [-0.2, 0) is 6.42 Å². The Balaban J connectivity index is 1.26. The summed E-state index contributed by atoms with van der Waals surface area (Å²) in [6, 6.07) is 5.57. The predicted octanol–water partition coefficient (Wildman–Crippen LogP) is 2.01. The van der Waals surface area contributed by atoms with Gasteiger partial charge in [0.1, 0.15) is 31.7 Å². The fourth-order valence-electron chi connectivity index (χ4n) is 4.15. The minimum Gasteiger partial charge on any atom is -0.486 e. The van der Waals surface area contributed by atoms with Gasteiger partial charge in [-0.25, -0.2) is 14.8 Å². The molecule has 5 rings (SSSR count). The Morgan fingerprint density at radius 3 is 2.88 bits per heavy atom. The molecule has 33 heavy (non-hydrogen) atoms.